The van der Waals surface area contributed by atoms with E-state index in [1.54, 1.807) is 0 Å². The number of aromatic nitrogens is 1. The lowest BCUT2D eigenvalue weighted by Gasteiger charge is -2.29. The van der Waals surface area contributed by atoms with E-state index in [1.165, 1.54) is 44.1 Å². The standard InChI is InChI=1S/C60H40N2O/c1-2-15-43(16-3-1)48-17-4-5-18-50(48)51-19-6-10-24-55(51)61(46-39-33-44(34-40-46)49-23-14-28-59-60(49)54-22-9-13-27-58(54)63-59)45-35-29-41(30-36-45)42-31-37-47(38-32-42)62-56-25-11-7-20-52(56)53-21-8-12-26-57(53)62/h1-40H. The molecule has 3 heteroatoms. The second-order valence-electron chi connectivity index (χ2n) is 16.1. The van der Waals surface area contributed by atoms with Gasteiger partial charge in [-0.2, -0.15) is 0 Å². The van der Waals surface area contributed by atoms with Crippen LogP contribution in [0.2, 0.25) is 0 Å². The zero-order chi connectivity index (χ0) is 41.7. The molecule has 0 N–H and O–H groups in total. The van der Waals surface area contributed by atoms with Crippen LogP contribution in [0.25, 0.3) is 93.9 Å². The number of hydrogen-bond acceptors (Lipinski definition) is 2. The highest BCUT2D eigenvalue weighted by atomic mass is 16.3. The van der Waals surface area contributed by atoms with Crippen LogP contribution in [0, 0.1) is 0 Å². The molecular weight excluding hydrogens is 765 g/mol. The van der Waals surface area contributed by atoms with E-state index in [4.69, 9.17) is 4.42 Å². The number of anilines is 3. The van der Waals surface area contributed by atoms with Gasteiger partial charge in [-0.1, -0.05) is 176 Å². The Balaban J connectivity index is 0.958. The SMILES string of the molecule is c1ccc(-c2ccccc2-c2ccccc2N(c2ccc(-c3ccc(-n4c5ccccc5c5ccccc54)cc3)cc2)c2ccc(-c3cccc4oc5ccccc5c34)cc2)cc1. The largest absolute Gasteiger partial charge is 0.456 e. The first-order valence-corrected chi connectivity index (χ1v) is 21.5. The van der Waals surface area contributed by atoms with Crippen molar-refractivity contribution in [1.29, 1.82) is 0 Å². The van der Waals surface area contributed by atoms with E-state index < -0.39 is 0 Å². The topological polar surface area (TPSA) is 21.3 Å². The molecule has 0 aliphatic heterocycles. The fourth-order valence-electron chi connectivity index (χ4n) is 9.52. The summed E-state index contributed by atoms with van der Waals surface area (Å²) in [6.07, 6.45) is 0. The summed E-state index contributed by atoms with van der Waals surface area (Å²) in [5.41, 5.74) is 17.9. The molecule has 12 aromatic rings. The van der Waals surface area contributed by atoms with E-state index >= 15 is 0 Å². The Bertz CT molecular complexity index is 3550. The Morgan fingerprint density at radius 2 is 0.778 bits per heavy atom. The molecule has 0 bridgehead atoms. The quantitative estimate of drug-likeness (QED) is 0.153. The van der Waals surface area contributed by atoms with Gasteiger partial charge >= 0.3 is 0 Å². The maximum Gasteiger partial charge on any atom is 0.136 e. The zero-order valence-electron chi connectivity index (χ0n) is 34.4. The van der Waals surface area contributed by atoms with Crippen molar-refractivity contribution < 1.29 is 4.42 Å². The average Bonchev–Trinajstić information content (AvgIpc) is 3.91. The van der Waals surface area contributed by atoms with Crippen molar-refractivity contribution in [3.05, 3.63) is 243 Å². The molecule has 0 aliphatic carbocycles. The van der Waals surface area contributed by atoms with Gasteiger partial charge in [0, 0.05) is 44.2 Å². The Morgan fingerprint density at radius 3 is 1.46 bits per heavy atom. The van der Waals surface area contributed by atoms with Crippen molar-refractivity contribution in [3.63, 3.8) is 0 Å². The molecule has 2 heterocycles. The average molecular weight is 805 g/mol. The molecule has 0 saturated heterocycles. The molecule has 0 amide bonds. The maximum atomic E-state index is 6.27. The third kappa shape index (κ3) is 6.29. The minimum absolute atomic E-state index is 0.895. The third-order valence-corrected chi connectivity index (χ3v) is 12.5. The monoisotopic (exact) mass is 804 g/mol. The van der Waals surface area contributed by atoms with Crippen molar-refractivity contribution in [1.82, 2.24) is 4.57 Å². The van der Waals surface area contributed by atoms with Gasteiger partial charge in [-0.05, 0) is 106 Å². The molecule has 12 rings (SSSR count). The van der Waals surface area contributed by atoms with Crippen LogP contribution in [0.4, 0.5) is 17.1 Å². The normalized spacial score (nSPS) is 11.5. The molecule has 0 radical (unpaired) electrons. The van der Waals surface area contributed by atoms with E-state index in [1.807, 2.05) is 12.1 Å². The van der Waals surface area contributed by atoms with Crippen LogP contribution in [0.5, 0.6) is 0 Å². The molecule has 0 unspecified atom stereocenters. The van der Waals surface area contributed by atoms with Crippen LogP contribution < -0.4 is 4.90 Å². The molecule has 3 nitrogen and oxygen atoms in total. The van der Waals surface area contributed by atoms with Gasteiger partial charge in [-0.25, -0.2) is 0 Å². The molecule has 2 aromatic heterocycles. The van der Waals surface area contributed by atoms with Crippen molar-refractivity contribution in [2.75, 3.05) is 4.90 Å². The molecular formula is C60H40N2O. The summed E-state index contributed by atoms with van der Waals surface area (Å²) in [4.78, 5) is 2.39. The van der Waals surface area contributed by atoms with E-state index in [9.17, 15) is 0 Å². The number of rotatable bonds is 8. The Labute approximate surface area is 366 Å². The van der Waals surface area contributed by atoms with E-state index in [0.29, 0.717) is 0 Å². The van der Waals surface area contributed by atoms with Crippen LogP contribution in [-0.2, 0) is 0 Å². The molecule has 10 aromatic carbocycles. The first kappa shape index (κ1) is 36.5. The molecule has 0 atom stereocenters. The van der Waals surface area contributed by atoms with Crippen LogP contribution in [0.15, 0.2) is 247 Å². The highest BCUT2D eigenvalue weighted by Gasteiger charge is 2.20. The van der Waals surface area contributed by atoms with Crippen LogP contribution >= 0.6 is 0 Å². The van der Waals surface area contributed by atoms with Crippen molar-refractivity contribution >= 4 is 60.8 Å². The van der Waals surface area contributed by atoms with Crippen molar-refractivity contribution in [3.8, 4) is 50.2 Å². The smallest absolute Gasteiger partial charge is 0.136 e. The molecule has 0 saturated carbocycles. The highest BCUT2D eigenvalue weighted by molar-refractivity contribution is 6.12. The summed E-state index contributed by atoms with van der Waals surface area (Å²) < 4.78 is 8.64. The third-order valence-electron chi connectivity index (χ3n) is 12.5. The highest BCUT2D eigenvalue weighted by Crippen LogP contribution is 2.45. The first-order chi connectivity index (χ1) is 31.3. The predicted molar refractivity (Wildman–Crippen MR) is 264 cm³/mol. The van der Waals surface area contributed by atoms with Gasteiger partial charge in [0.1, 0.15) is 11.2 Å². The Hall–Kier alpha value is -8.40. The summed E-state index contributed by atoms with van der Waals surface area (Å²) in [5, 5.41) is 4.79. The fourth-order valence-corrected chi connectivity index (χ4v) is 9.52. The second kappa shape index (κ2) is 15.3. The van der Waals surface area contributed by atoms with Crippen molar-refractivity contribution in [2.24, 2.45) is 0 Å². The van der Waals surface area contributed by atoms with Gasteiger partial charge in [0.25, 0.3) is 0 Å². The van der Waals surface area contributed by atoms with E-state index in [2.05, 4.69) is 240 Å². The molecule has 0 fully saturated rings. The van der Waals surface area contributed by atoms with Gasteiger partial charge in [-0.3, -0.25) is 0 Å². The van der Waals surface area contributed by atoms with Crippen LogP contribution in [-0.4, -0.2) is 4.57 Å². The second-order valence-corrected chi connectivity index (χ2v) is 16.1. The maximum absolute atomic E-state index is 6.27. The summed E-state index contributed by atoms with van der Waals surface area (Å²) in [6.45, 7) is 0. The lowest BCUT2D eigenvalue weighted by Crippen LogP contribution is -2.11. The lowest BCUT2D eigenvalue weighted by molar-refractivity contribution is 0.669. The van der Waals surface area contributed by atoms with Gasteiger partial charge in [0.15, 0.2) is 0 Å². The molecule has 296 valence electrons. The van der Waals surface area contributed by atoms with Crippen LogP contribution in [0.1, 0.15) is 0 Å². The van der Waals surface area contributed by atoms with E-state index in [-0.39, 0.29) is 0 Å². The Kier molecular flexibility index (Phi) is 8.83. The predicted octanol–water partition coefficient (Wildman–Crippen LogP) is 16.8. The number of fused-ring (bicyclic) bond motifs is 6. The summed E-state index contributed by atoms with van der Waals surface area (Å²) in [7, 11) is 0. The number of para-hydroxylation sites is 4. The number of benzene rings is 10. The van der Waals surface area contributed by atoms with Gasteiger partial charge in [0.05, 0.1) is 16.7 Å². The van der Waals surface area contributed by atoms with Crippen LogP contribution in [0.3, 0.4) is 0 Å². The summed E-state index contributed by atoms with van der Waals surface area (Å²) in [5.74, 6) is 0. The minimum Gasteiger partial charge on any atom is -0.456 e. The zero-order valence-corrected chi connectivity index (χ0v) is 34.4. The summed E-state index contributed by atoms with van der Waals surface area (Å²) >= 11 is 0. The molecule has 0 aliphatic rings. The number of hydrogen-bond donors (Lipinski definition) is 0. The van der Waals surface area contributed by atoms with Crippen molar-refractivity contribution in [2.45, 2.75) is 0 Å². The Morgan fingerprint density at radius 1 is 0.302 bits per heavy atom. The summed E-state index contributed by atoms with van der Waals surface area (Å²) in [6, 6.07) is 87.1. The van der Waals surface area contributed by atoms with E-state index in [0.717, 1.165) is 66.9 Å². The fraction of sp³-hybridized carbons (Fsp3) is 0. The molecule has 63 heavy (non-hydrogen) atoms. The lowest BCUT2D eigenvalue weighted by atomic mass is 9.93. The van der Waals surface area contributed by atoms with Gasteiger partial charge < -0.3 is 13.9 Å². The van der Waals surface area contributed by atoms with Gasteiger partial charge in [0.2, 0.25) is 0 Å². The minimum atomic E-state index is 0.895. The molecule has 0 spiro atoms. The number of nitrogens with zero attached hydrogens (tertiary/aromatic N) is 2. The van der Waals surface area contributed by atoms with Gasteiger partial charge in [-0.15, -0.1) is 0 Å². The first-order valence-electron chi connectivity index (χ1n) is 21.5. The number of furan rings is 1.